The van der Waals surface area contributed by atoms with Gasteiger partial charge in [0.2, 0.25) is 11.8 Å². The summed E-state index contributed by atoms with van der Waals surface area (Å²) in [4.78, 5) is 39.3. The Morgan fingerprint density at radius 1 is 1.00 bits per heavy atom. The summed E-state index contributed by atoms with van der Waals surface area (Å²) >= 11 is 0. The van der Waals surface area contributed by atoms with Crippen LogP contribution in [0.5, 0.6) is 0 Å². The molecule has 1 aliphatic rings. The van der Waals surface area contributed by atoms with Crippen LogP contribution in [0.15, 0.2) is 24.3 Å². The second kappa shape index (κ2) is 9.17. The van der Waals surface area contributed by atoms with E-state index in [1.807, 2.05) is 13.8 Å². The molecule has 0 bridgehead atoms. The summed E-state index contributed by atoms with van der Waals surface area (Å²) < 4.78 is 12.8. The highest BCUT2D eigenvalue weighted by atomic mass is 19.1. The van der Waals surface area contributed by atoms with Crippen LogP contribution in [-0.4, -0.2) is 60.4 Å². The minimum absolute atomic E-state index is 0.0521. The van der Waals surface area contributed by atoms with E-state index >= 15 is 0 Å². The van der Waals surface area contributed by atoms with Gasteiger partial charge < -0.3 is 20.4 Å². The highest BCUT2D eigenvalue weighted by Gasteiger charge is 2.25. The van der Waals surface area contributed by atoms with Crippen molar-refractivity contribution in [2.75, 3.05) is 32.7 Å². The van der Waals surface area contributed by atoms with Crippen LogP contribution in [0.3, 0.4) is 0 Å². The van der Waals surface area contributed by atoms with Gasteiger partial charge in [-0.3, -0.25) is 9.59 Å². The molecule has 2 N–H and O–H groups in total. The molecule has 4 amide bonds. The van der Waals surface area contributed by atoms with Gasteiger partial charge >= 0.3 is 6.03 Å². The van der Waals surface area contributed by atoms with Gasteiger partial charge in [-0.2, -0.15) is 0 Å². The Kier molecular flexibility index (Phi) is 6.94. The number of hydrogen-bond donors (Lipinski definition) is 2. The van der Waals surface area contributed by atoms with Crippen molar-refractivity contribution in [2.45, 2.75) is 20.4 Å². The zero-order valence-corrected chi connectivity index (χ0v) is 15.1. The van der Waals surface area contributed by atoms with Crippen LogP contribution in [-0.2, 0) is 16.1 Å². The van der Waals surface area contributed by atoms with Crippen LogP contribution in [0.2, 0.25) is 0 Å². The first-order chi connectivity index (χ1) is 12.4. The van der Waals surface area contributed by atoms with Gasteiger partial charge in [0.1, 0.15) is 5.82 Å². The van der Waals surface area contributed by atoms with Gasteiger partial charge in [-0.25, -0.2) is 9.18 Å². The van der Waals surface area contributed by atoms with Crippen LogP contribution >= 0.6 is 0 Å². The number of halogens is 1. The lowest BCUT2D eigenvalue weighted by Crippen LogP contribution is -2.53. The lowest BCUT2D eigenvalue weighted by atomic mass is 10.1. The van der Waals surface area contributed by atoms with E-state index in [1.165, 1.54) is 12.1 Å². The summed E-state index contributed by atoms with van der Waals surface area (Å²) in [6.45, 7) is 5.82. The van der Waals surface area contributed by atoms with Gasteiger partial charge in [0.05, 0.1) is 6.54 Å². The maximum absolute atomic E-state index is 12.8. The van der Waals surface area contributed by atoms with Crippen LogP contribution < -0.4 is 10.6 Å². The summed E-state index contributed by atoms with van der Waals surface area (Å²) in [5, 5.41) is 5.13. The highest BCUT2D eigenvalue weighted by Crippen LogP contribution is 2.07. The van der Waals surface area contributed by atoms with Crippen LogP contribution in [0.1, 0.15) is 19.4 Å². The number of nitrogens with zero attached hydrogens (tertiary/aromatic N) is 2. The normalized spacial score (nSPS) is 14.3. The van der Waals surface area contributed by atoms with E-state index in [-0.39, 0.29) is 36.6 Å². The van der Waals surface area contributed by atoms with E-state index in [9.17, 15) is 18.8 Å². The van der Waals surface area contributed by atoms with E-state index in [4.69, 9.17) is 0 Å². The molecule has 1 fully saturated rings. The molecule has 1 aliphatic heterocycles. The quantitative estimate of drug-likeness (QED) is 0.816. The number of amides is 4. The second-order valence-electron chi connectivity index (χ2n) is 6.52. The predicted octanol–water partition coefficient (Wildman–Crippen LogP) is 0.952. The molecule has 0 aromatic heterocycles. The molecule has 1 saturated heterocycles. The number of benzene rings is 1. The molecule has 2 rings (SSSR count). The monoisotopic (exact) mass is 364 g/mol. The van der Waals surface area contributed by atoms with Crippen molar-refractivity contribution in [1.29, 1.82) is 0 Å². The Labute approximate surface area is 152 Å². The molecule has 8 heteroatoms. The van der Waals surface area contributed by atoms with E-state index in [2.05, 4.69) is 10.6 Å². The fourth-order valence-corrected chi connectivity index (χ4v) is 2.66. The fourth-order valence-electron chi connectivity index (χ4n) is 2.66. The Morgan fingerprint density at radius 3 is 2.15 bits per heavy atom. The van der Waals surface area contributed by atoms with Crippen LogP contribution in [0.25, 0.3) is 0 Å². The summed E-state index contributed by atoms with van der Waals surface area (Å²) in [6, 6.07) is 5.35. The third kappa shape index (κ3) is 5.72. The molecule has 0 unspecified atom stereocenters. The molecule has 0 spiro atoms. The number of hydrogen-bond acceptors (Lipinski definition) is 3. The van der Waals surface area contributed by atoms with Crippen molar-refractivity contribution < 1.29 is 18.8 Å². The largest absolute Gasteiger partial charge is 0.339 e. The summed E-state index contributed by atoms with van der Waals surface area (Å²) in [5.41, 5.74) is 0.763. The van der Waals surface area contributed by atoms with Crippen molar-refractivity contribution in [3.63, 3.8) is 0 Å². The Morgan fingerprint density at radius 2 is 1.58 bits per heavy atom. The van der Waals surface area contributed by atoms with Gasteiger partial charge in [0, 0.05) is 38.6 Å². The Bertz CT molecular complexity index is 640. The molecule has 1 heterocycles. The zero-order chi connectivity index (χ0) is 19.1. The molecule has 0 saturated carbocycles. The topological polar surface area (TPSA) is 81.8 Å². The Hall–Kier alpha value is -2.64. The van der Waals surface area contributed by atoms with E-state index < -0.39 is 6.03 Å². The molecule has 1 aromatic rings. The molecule has 0 aliphatic carbocycles. The first-order valence-corrected chi connectivity index (χ1v) is 8.69. The van der Waals surface area contributed by atoms with Crippen LogP contribution in [0.4, 0.5) is 9.18 Å². The summed E-state index contributed by atoms with van der Waals surface area (Å²) in [7, 11) is 0. The lowest BCUT2D eigenvalue weighted by Gasteiger charge is -2.35. The predicted molar refractivity (Wildman–Crippen MR) is 94.6 cm³/mol. The molecule has 0 radical (unpaired) electrons. The van der Waals surface area contributed by atoms with E-state index in [1.54, 1.807) is 21.9 Å². The summed E-state index contributed by atoms with van der Waals surface area (Å²) in [6.07, 6.45) is 0. The minimum atomic E-state index is -0.462. The first-order valence-electron chi connectivity index (χ1n) is 8.69. The fraction of sp³-hybridized carbons (Fsp3) is 0.500. The second-order valence-corrected chi connectivity index (χ2v) is 6.52. The van der Waals surface area contributed by atoms with Crippen molar-refractivity contribution >= 4 is 17.8 Å². The first kappa shape index (κ1) is 19.7. The van der Waals surface area contributed by atoms with E-state index in [0.29, 0.717) is 26.2 Å². The zero-order valence-electron chi connectivity index (χ0n) is 15.1. The maximum Gasteiger partial charge on any atom is 0.315 e. The number of carbonyl (C=O) groups is 3. The van der Waals surface area contributed by atoms with E-state index in [0.717, 1.165) is 5.56 Å². The Balaban J connectivity index is 1.67. The molecular weight excluding hydrogens is 339 g/mol. The van der Waals surface area contributed by atoms with Crippen molar-refractivity contribution in [2.24, 2.45) is 5.92 Å². The third-order valence-electron chi connectivity index (χ3n) is 4.20. The molecule has 142 valence electrons. The number of rotatable bonds is 5. The number of piperazine rings is 1. The number of carbonyl (C=O) groups excluding carboxylic acids is 3. The molecule has 7 nitrogen and oxygen atoms in total. The highest BCUT2D eigenvalue weighted by molar-refractivity contribution is 5.84. The minimum Gasteiger partial charge on any atom is -0.339 e. The summed E-state index contributed by atoms with van der Waals surface area (Å²) in [5.74, 6) is -0.475. The van der Waals surface area contributed by atoms with Crippen molar-refractivity contribution in [3.05, 3.63) is 35.6 Å². The number of urea groups is 1. The van der Waals surface area contributed by atoms with Gasteiger partial charge in [-0.15, -0.1) is 0 Å². The average molecular weight is 364 g/mol. The maximum atomic E-state index is 12.8. The average Bonchev–Trinajstić information content (AvgIpc) is 2.65. The SMILES string of the molecule is CC(C)C(=O)N1CCN(C(=O)CNC(=O)NCc2ccc(F)cc2)CC1. The number of nitrogens with one attached hydrogen (secondary N) is 2. The molecular formula is C18H25FN4O3. The van der Waals surface area contributed by atoms with Gasteiger partial charge in [-0.1, -0.05) is 26.0 Å². The van der Waals surface area contributed by atoms with Gasteiger partial charge in [0.25, 0.3) is 0 Å². The molecule has 26 heavy (non-hydrogen) atoms. The van der Waals surface area contributed by atoms with Crippen LogP contribution in [0, 0.1) is 11.7 Å². The van der Waals surface area contributed by atoms with Crippen molar-refractivity contribution in [1.82, 2.24) is 20.4 Å². The van der Waals surface area contributed by atoms with Gasteiger partial charge in [0.15, 0.2) is 0 Å². The van der Waals surface area contributed by atoms with Crippen molar-refractivity contribution in [3.8, 4) is 0 Å². The molecule has 0 atom stereocenters. The smallest absolute Gasteiger partial charge is 0.315 e. The molecule has 1 aromatic carbocycles. The third-order valence-corrected chi connectivity index (χ3v) is 4.20. The lowest BCUT2D eigenvalue weighted by molar-refractivity contribution is -0.140. The van der Waals surface area contributed by atoms with Gasteiger partial charge in [-0.05, 0) is 17.7 Å². The standard InChI is InChI=1S/C18H25FN4O3/c1-13(2)17(25)23-9-7-22(8-10-23)16(24)12-21-18(26)20-11-14-3-5-15(19)6-4-14/h3-6,13H,7-12H2,1-2H3,(H2,20,21,26).